The third-order valence-corrected chi connectivity index (χ3v) is 1.80. The lowest BCUT2D eigenvalue weighted by atomic mass is 10.5. The molecule has 0 amide bonds. The maximum atomic E-state index is 12.1. The van der Waals surface area contributed by atoms with Gasteiger partial charge in [0.15, 0.2) is 0 Å². The number of rotatable bonds is 3. The molecule has 90 valence electrons. The van der Waals surface area contributed by atoms with Crippen LogP contribution in [0.25, 0.3) is 0 Å². The lowest BCUT2D eigenvalue weighted by Crippen LogP contribution is -2.17. The molecule has 0 aromatic carbocycles. The number of anilines is 2. The first kappa shape index (κ1) is 11.4. The Kier molecular flexibility index (Phi) is 2.94. The van der Waals surface area contributed by atoms with E-state index in [0.717, 1.165) is 4.68 Å². The summed E-state index contributed by atoms with van der Waals surface area (Å²) >= 11 is 0. The third kappa shape index (κ3) is 3.44. The molecule has 5 nitrogen and oxygen atoms in total. The van der Waals surface area contributed by atoms with Crippen molar-refractivity contribution in [2.45, 2.75) is 12.7 Å². The van der Waals surface area contributed by atoms with Crippen molar-refractivity contribution in [3.63, 3.8) is 0 Å². The van der Waals surface area contributed by atoms with E-state index in [2.05, 4.69) is 20.4 Å². The Morgan fingerprint density at radius 2 is 1.94 bits per heavy atom. The zero-order chi connectivity index (χ0) is 12.3. The molecule has 2 rings (SSSR count). The molecule has 8 heteroatoms. The van der Waals surface area contributed by atoms with Crippen LogP contribution in [0.4, 0.5) is 24.8 Å². The van der Waals surface area contributed by atoms with Gasteiger partial charge in [0.1, 0.15) is 6.54 Å². The molecule has 1 N–H and O–H groups in total. The highest BCUT2D eigenvalue weighted by atomic mass is 19.4. The van der Waals surface area contributed by atoms with Crippen LogP contribution in [0.3, 0.4) is 0 Å². The Balaban J connectivity index is 2.04. The largest absolute Gasteiger partial charge is 0.408 e. The summed E-state index contributed by atoms with van der Waals surface area (Å²) in [6, 6.07) is 1.64. The first-order valence-corrected chi connectivity index (χ1v) is 4.66. The fourth-order valence-corrected chi connectivity index (χ4v) is 1.19. The Labute approximate surface area is 94.3 Å². The van der Waals surface area contributed by atoms with E-state index in [1.54, 1.807) is 6.07 Å². The predicted octanol–water partition coefficient (Wildman–Crippen LogP) is 1.98. The van der Waals surface area contributed by atoms with E-state index in [1.807, 2.05) is 0 Å². The number of hydrogen-bond acceptors (Lipinski definition) is 4. The van der Waals surface area contributed by atoms with Gasteiger partial charge >= 0.3 is 6.18 Å². The van der Waals surface area contributed by atoms with Gasteiger partial charge in [-0.1, -0.05) is 0 Å². The lowest BCUT2D eigenvalue weighted by Gasteiger charge is -2.05. The molecule has 0 unspecified atom stereocenters. The second-order valence-corrected chi connectivity index (χ2v) is 3.24. The quantitative estimate of drug-likeness (QED) is 0.895. The van der Waals surface area contributed by atoms with Gasteiger partial charge in [0.05, 0.1) is 11.9 Å². The SMILES string of the molecule is FC(F)(F)Cn1cc(Nc2ncccn2)cn1. The Hall–Kier alpha value is -2.12. The van der Waals surface area contributed by atoms with Gasteiger partial charge in [-0.2, -0.15) is 18.3 Å². The number of hydrogen-bond donors (Lipinski definition) is 1. The van der Waals surface area contributed by atoms with Crippen molar-refractivity contribution in [3.05, 3.63) is 30.9 Å². The zero-order valence-corrected chi connectivity index (χ0v) is 8.52. The van der Waals surface area contributed by atoms with E-state index in [-0.39, 0.29) is 0 Å². The maximum absolute atomic E-state index is 12.1. The van der Waals surface area contributed by atoms with Crippen molar-refractivity contribution in [1.82, 2.24) is 19.7 Å². The number of alkyl halides is 3. The van der Waals surface area contributed by atoms with E-state index >= 15 is 0 Å². The van der Waals surface area contributed by atoms with Gasteiger partial charge in [0.2, 0.25) is 5.95 Å². The summed E-state index contributed by atoms with van der Waals surface area (Å²) in [6.45, 7) is -1.12. The zero-order valence-electron chi connectivity index (χ0n) is 8.52. The van der Waals surface area contributed by atoms with Crippen molar-refractivity contribution < 1.29 is 13.2 Å². The molecule has 2 heterocycles. The average Bonchev–Trinajstić information content (AvgIpc) is 2.64. The molecule has 0 aliphatic rings. The second-order valence-electron chi connectivity index (χ2n) is 3.24. The van der Waals surface area contributed by atoms with Crippen LogP contribution >= 0.6 is 0 Å². The molecule has 0 saturated carbocycles. The van der Waals surface area contributed by atoms with Crippen LogP contribution in [-0.2, 0) is 6.54 Å². The van der Waals surface area contributed by atoms with E-state index in [0.29, 0.717) is 11.6 Å². The number of aromatic nitrogens is 4. The summed E-state index contributed by atoms with van der Waals surface area (Å²) in [7, 11) is 0. The van der Waals surface area contributed by atoms with Crippen molar-refractivity contribution in [2.75, 3.05) is 5.32 Å². The molecule has 0 atom stereocenters. The third-order valence-electron chi connectivity index (χ3n) is 1.80. The van der Waals surface area contributed by atoms with Crippen LogP contribution in [0.15, 0.2) is 30.9 Å². The van der Waals surface area contributed by atoms with Gasteiger partial charge in [-0.3, -0.25) is 4.68 Å². The standard InChI is InChI=1S/C9H8F3N5/c10-9(11,12)6-17-5-7(4-15-17)16-8-13-2-1-3-14-8/h1-5H,6H2,(H,13,14,16). The van der Waals surface area contributed by atoms with Gasteiger partial charge in [0.25, 0.3) is 0 Å². The van der Waals surface area contributed by atoms with E-state index in [9.17, 15) is 13.2 Å². The minimum absolute atomic E-state index is 0.305. The number of nitrogens with one attached hydrogen (secondary N) is 1. The molecule has 0 bridgehead atoms. The fourth-order valence-electron chi connectivity index (χ4n) is 1.19. The fraction of sp³-hybridized carbons (Fsp3) is 0.222. The van der Waals surface area contributed by atoms with E-state index in [1.165, 1.54) is 24.8 Å². The summed E-state index contributed by atoms with van der Waals surface area (Å²) < 4.78 is 37.0. The van der Waals surface area contributed by atoms with E-state index < -0.39 is 12.7 Å². The summed E-state index contributed by atoms with van der Waals surface area (Å²) in [5, 5.41) is 6.31. The average molecular weight is 243 g/mol. The van der Waals surface area contributed by atoms with Gasteiger partial charge in [0, 0.05) is 18.6 Å². The van der Waals surface area contributed by atoms with Crippen LogP contribution in [0.1, 0.15) is 0 Å². The van der Waals surface area contributed by atoms with Gasteiger partial charge in [-0.05, 0) is 6.07 Å². The minimum atomic E-state index is -4.29. The normalized spacial score (nSPS) is 11.5. The maximum Gasteiger partial charge on any atom is 0.408 e. The molecule has 2 aromatic rings. The van der Waals surface area contributed by atoms with Crippen molar-refractivity contribution in [3.8, 4) is 0 Å². The molecule has 0 fully saturated rings. The van der Waals surface area contributed by atoms with Gasteiger partial charge < -0.3 is 5.32 Å². The van der Waals surface area contributed by atoms with Gasteiger partial charge in [-0.25, -0.2) is 9.97 Å². The second kappa shape index (κ2) is 4.40. The van der Waals surface area contributed by atoms with Crippen LogP contribution in [0.2, 0.25) is 0 Å². The summed E-state index contributed by atoms with van der Waals surface area (Å²) in [5.74, 6) is 0.305. The highest BCUT2D eigenvalue weighted by molar-refractivity contribution is 5.49. The number of halogens is 3. The van der Waals surface area contributed by atoms with Crippen molar-refractivity contribution in [2.24, 2.45) is 0 Å². The molecular weight excluding hydrogens is 235 g/mol. The molecule has 0 aliphatic carbocycles. The summed E-state index contributed by atoms with van der Waals surface area (Å²) in [5.41, 5.74) is 0.403. The number of nitrogens with zero attached hydrogens (tertiary/aromatic N) is 4. The first-order valence-electron chi connectivity index (χ1n) is 4.66. The summed E-state index contributed by atoms with van der Waals surface area (Å²) in [4.78, 5) is 7.75. The van der Waals surface area contributed by atoms with Crippen molar-refractivity contribution in [1.29, 1.82) is 0 Å². The van der Waals surface area contributed by atoms with E-state index in [4.69, 9.17) is 0 Å². The molecule has 0 radical (unpaired) electrons. The Morgan fingerprint density at radius 1 is 1.24 bits per heavy atom. The van der Waals surface area contributed by atoms with Gasteiger partial charge in [-0.15, -0.1) is 0 Å². The monoisotopic (exact) mass is 243 g/mol. The topological polar surface area (TPSA) is 55.6 Å². The molecule has 2 aromatic heterocycles. The minimum Gasteiger partial charge on any atom is -0.321 e. The van der Waals surface area contributed by atoms with Crippen molar-refractivity contribution >= 4 is 11.6 Å². The van der Waals surface area contributed by atoms with Crippen LogP contribution in [0.5, 0.6) is 0 Å². The first-order chi connectivity index (χ1) is 8.03. The van der Waals surface area contributed by atoms with Crippen LogP contribution < -0.4 is 5.32 Å². The molecular formula is C9H8F3N5. The Morgan fingerprint density at radius 3 is 2.59 bits per heavy atom. The Bertz CT molecular complexity index is 479. The van der Waals surface area contributed by atoms with Crippen LogP contribution in [-0.4, -0.2) is 25.9 Å². The predicted molar refractivity (Wildman–Crippen MR) is 53.6 cm³/mol. The molecule has 0 spiro atoms. The lowest BCUT2D eigenvalue weighted by molar-refractivity contribution is -0.142. The highest BCUT2D eigenvalue weighted by Crippen LogP contribution is 2.18. The smallest absolute Gasteiger partial charge is 0.321 e. The highest BCUT2D eigenvalue weighted by Gasteiger charge is 2.28. The summed E-state index contributed by atoms with van der Waals surface area (Å²) in [6.07, 6.45) is 1.28. The van der Waals surface area contributed by atoms with Crippen LogP contribution in [0, 0.1) is 0 Å². The molecule has 0 aliphatic heterocycles. The molecule has 0 saturated heterocycles. The molecule has 17 heavy (non-hydrogen) atoms.